The third-order valence-electron chi connectivity index (χ3n) is 1.67. The number of hydrogen-bond donors (Lipinski definition) is 0. The van der Waals surface area contributed by atoms with Crippen molar-refractivity contribution in [3.63, 3.8) is 0 Å². The van der Waals surface area contributed by atoms with E-state index in [2.05, 4.69) is 18.7 Å². The summed E-state index contributed by atoms with van der Waals surface area (Å²) >= 11 is 2.15. The van der Waals surface area contributed by atoms with Crippen LogP contribution in [0.2, 0.25) is 0 Å². The molecule has 1 heterocycles. The van der Waals surface area contributed by atoms with E-state index >= 15 is 0 Å². The average molecular weight is 130 g/mol. The van der Waals surface area contributed by atoms with Gasteiger partial charge in [0.1, 0.15) is 0 Å². The lowest BCUT2D eigenvalue weighted by molar-refractivity contribution is 0.651. The maximum Gasteiger partial charge on any atom is 0.00549 e. The Bertz CT molecular complexity index is 57.4. The van der Waals surface area contributed by atoms with E-state index in [4.69, 9.17) is 0 Å². The minimum atomic E-state index is 1.05. The summed E-state index contributed by atoms with van der Waals surface area (Å²) in [6.07, 6.45) is 5.78. The average Bonchev–Trinajstić information content (AvgIpc) is 1.63. The molecule has 8 heavy (non-hydrogen) atoms. The van der Waals surface area contributed by atoms with Gasteiger partial charge in [-0.1, -0.05) is 19.8 Å². The van der Waals surface area contributed by atoms with Crippen molar-refractivity contribution >= 4 is 11.8 Å². The minimum Gasteiger partial charge on any atom is -0.159 e. The monoisotopic (exact) mass is 130 g/mol. The highest BCUT2D eigenvalue weighted by molar-refractivity contribution is 8.01. The molecule has 1 rings (SSSR count). The van der Waals surface area contributed by atoms with Crippen LogP contribution in [-0.2, 0) is 0 Å². The van der Waals surface area contributed by atoms with Gasteiger partial charge in [0.25, 0.3) is 0 Å². The Labute approximate surface area is 56.0 Å². The number of hydrogen-bond acceptors (Lipinski definition) is 1. The lowest BCUT2D eigenvalue weighted by atomic mass is 10.1. The van der Waals surface area contributed by atoms with Crippen LogP contribution in [-0.4, -0.2) is 11.0 Å². The Hall–Kier alpha value is 0.350. The van der Waals surface area contributed by atoms with E-state index < -0.39 is 0 Å². The minimum absolute atomic E-state index is 1.05. The van der Waals surface area contributed by atoms with E-state index in [9.17, 15) is 0 Å². The fraction of sp³-hybridized carbons (Fsp3) is 1.00. The molecule has 0 amide bonds. The molecular formula is C7H14S. The predicted octanol–water partition coefficient (Wildman–Crippen LogP) is 2.68. The van der Waals surface area contributed by atoms with Crippen LogP contribution >= 0.6 is 11.8 Å². The molecule has 1 aliphatic rings. The van der Waals surface area contributed by atoms with Gasteiger partial charge in [-0.05, 0) is 18.6 Å². The second kappa shape index (κ2) is 3.39. The summed E-state index contributed by atoms with van der Waals surface area (Å²) in [7, 11) is 0. The molecule has 0 N–H and O–H groups in total. The zero-order chi connectivity index (χ0) is 5.82. The zero-order valence-electron chi connectivity index (χ0n) is 5.52. The molecule has 1 saturated heterocycles. The van der Waals surface area contributed by atoms with E-state index in [0.717, 1.165) is 5.25 Å². The van der Waals surface area contributed by atoms with Crippen LogP contribution in [0.3, 0.4) is 0 Å². The fourth-order valence-electron chi connectivity index (χ4n) is 0.944. The first-order valence-electron chi connectivity index (χ1n) is 3.55. The highest BCUT2D eigenvalue weighted by Crippen LogP contribution is 2.31. The van der Waals surface area contributed by atoms with Crippen LogP contribution in [0, 0.1) is 0 Å². The van der Waals surface area contributed by atoms with Crippen molar-refractivity contribution in [2.75, 3.05) is 5.75 Å². The molecule has 0 aromatic heterocycles. The fourth-order valence-corrected chi connectivity index (χ4v) is 1.85. The van der Waals surface area contributed by atoms with E-state index in [1.807, 2.05) is 0 Å². The smallest absolute Gasteiger partial charge is 0.00549 e. The Morgan fingerprint density at radius 3 is 2.75 bits per heavy atom. The molecule has 1 fully saturated rings. The standard InChI is InChI=1S/C7H14S/c1-2-3-4-7-5-6-8-7/h7H,2-6H2,1H3. The summed E-state index contributed by atoms with van der Waals surface area (Å²) in [5.41, 5.74) is 0. The van der Waals surface area contributed by atoms with Crippen molar-refractivity contribution in [1.82, 2.24) is 0 Å². The van der Waals surface area contributed by atoms with Crippen molar-refractivity contribution in [2.24, 2.45) is 0 Å². The van der Waals surface area contributed by atoms with Crippen LogP contribution in [0.15, 0.2) is 0 Å². The highest BCUT2D eigenvalue weighted by atomic mass is 32.2. The summed E-state index contributed by atoms with van der Waals surface area (Å²) in [6.45, 7) is 2.27. The summed E-state index contributed by atoms with van der Waals surface area (Å²) in [4.78, 5) is 0. The second-order valence-electron chi connectivity index (χ2n) is 2.42. The van der Waals surface area contributed by atoms with Crippen molar-refractivity contribution in [1.29, 1.82) is 0 Å². The molecule has 0 aliphatic carbocycles. The molecule has 0 bridgehead atoms. The highest BCUT2D eigenvalue weighted by Gasteiger charge is 2.16. The molecule has 1 aliphatic heterocycles. The van der Waals surface area contributed by atoms with Crippen LogP contribution in [0.25, 0.3) is 0 Å². The summed E-state index contributed by atoms with van der Waals surface area (Å²) < 4.78 is 0. The lowest BCUT2D eigenvalue weighted by Crippen LogP contribution is -2.14. The normalized spacial score (nSPS) is 27.4. The SMILES string of the molecule is CCCCC1CCS1. The van der Waals surface area contributed by atoms with Gasteiger partial charge in [0.15, 0.2) is 0 Å². The lowest BCUT2D eigenvalue weighted by Gasteiger charge is -2.24. The first kappa shape index (κ1) is 6.47. The topological polar surface area (TPSA) is 0 Å². The first-order chi connectivity index (χ1) is 3.93. The molecule has 1 unspecified atom stereocenters. The Morgan fingerprint density at radius 1 is 1.62 bits per heavy atom. The van der Waals surface area contributed by atoms with Crippen molar-refractivity contribution in [3.8, 4) is 0 Å². The van der Waals surface area contributed by atoms with Crippen LogP contribution in [0.5, 0.6) is 0 Å². The van der Waals surface area contributed by atoms with Gasteiger partial charge in [0.2, 0.25) is 0 Å². The van der Waals surface area contributed by atoms with Gasteiger partial charge >= 0.3 is 0 Å². The Morgan fingerprint density at radius 2 is 2.38 bits per heavy atom. The largest absolute Gasteiger partial charge is 0.159 e. The molecule has 1 atom stereocenters. The molecule has 0 saturated carbocycles. The van der Waals surface area contributed by atoms with E-state index in [1.54, 1.807) is 0 Å². The Balaban J connectivity index is 1.86. The van der Waals surface area contributed by atoms with Gasteiger partial charge in [-0.3, -0.25) is 0 Å². The molecule has 1 heteroatoms. The van der Waals surface area contributed by atoms with E-state index in [0.29, 0.717) is 0 Å². The van der Waals surface area contributed by atoms with Crippen molar-refractivity contribution in [2.45, 2.75) is 37.9 Å². The van der Waals surface area contributed by atoms with Crippen molar-refractivity contribution in [3.05, 3.63) is 0 Å². The van der Waals surface area contributed by atoms with Gasteiger partial charge in [0.05, 0.1) is 0 Å². The van der Waals surface area contributed by atoms with Gasteiger partial charge < -0.3 is 0 Å². The quantitative estimate of drug-likeness (QED) is 0.566. The summed E-state index contributed by atoms with van der Waals surface area (Å²) in [6, 6.07) is 0. The van der Waals surface area contributed by atoms with E-state index in [1.165, 1.54) is 31.4 Å². The molecule has 0 aromatic carbocycles. The molecule has 0 aromatic rings. The maximum absolute atomic E-state index is 2.27. The number of rotatable bonds is 3. The van der Waals surface area contributed by atoms with Crippen LogP contribution in [0.4, 0.5) is 0 Å². The van der Waals surface area contributed by atoms with Crippen LogP contribution < -0.4 is 0 Å². The molecule has 0 spiro atoms. The van der Waals surface area contributed by atoms with Gasteiger partial charge in [-0.15, -0.1) is 0 Å². The maximum atomic E-state index is 2.27. The van der Waals surface area contributed by atoms with Crippen LogP contribution in [0.1, 0.15) is 32.6 Å². The molecule has 0 radical (unpaired) electrons. The van der Waals surface area contributed by atoms with Gasteiger partial charge in [-0.25, -0.2) is 0 Å². The van der Waals surface area contributed by atoms with E-state index in [-0.39, 0.29) is 0 Å². The second-order valence-corrected chi connectivity index (χ2v) is 3.83. The van der Waals surface area contributed by atoms with Gasteiger partial charge in [0, 0.05) is 5.25 Å². The predicted molar refractivity (Wildman–Crippen MR) is 40.4 cm³/mol. The Kier molecular flexibility index (Phi) is 2.74. The third-order valence-corrected chi connectivity index (χ3v) is 3.09. The molecular weight excluding hydrogens is 116 g/mol. The molecule has 0 nitrogen and oxygen atoms in total. The summed E-state index contributed by atoms with van der Waals surface area (Å²) in [5, 5.41) is 1.05. The number of unbranched alkanes of at least 4 members (excludes halogenated alkanes) is 1. The number of thioether (sulfide) groups is 1. The van der Waals surface area contributed by atoms with Gasteiger partial charge in [-0.2, -0.15) is 11.8 Å². The first-order valence-corrected chi connectivity index (χ1v) is 4.60. The molecule has 48 valence electrons. The zero-order valence-corrected chi connectivity index (χ0v) is 6.34. The third kappa shape index (κ3) is 1.70. The van der Waals surface area contributed by atoms with Crippen molar-refractivity contribution < 1.29 is 0 Å². The summed E-state index contributed by atoms with van der Waals surface area (Å²) in [5.74, 6) is 1.42.